The molecule has 3 heteroatoms. The predicted molar refractivity (Wildman–Crippen MR) is 52.8 cm³/mol. The van der Waals surface area contributed by atoms with E-state index in [2.05, 4.69) is 4.98 Å². The first-order valence-electron chi connectivity index (χ1n) is 4.29. The van der Waals surface area contributed by atoms with Gasteiger partial charge in [-0.25, -0.2) is 4.98 Å². The number of hydrogen-bond donors (Lipinski definition) is 0. The van der Waals surface area contributed by atoms with Crippen LogP contribution in [0.3, 0.4) is 0 Å². The lowest BCUT2D eigenvalue weighted by Gasteiger charge is -2.39. The molecular formula is C9H12ClNS. The summed E-state index contributed by atoms with van der Waals surface area (Å²) >= 11 is 7.70. The molecular weight excluding hydrogens is 190 g/mol. The zero-order chi connectivity index (χ0) is 8.44. The van der Waals surface area contributed by atoms with E-state index in [-0.39, 0.29) is 0 Å². The fourth-order valence-corrected chi connectivity index (χ4v) is 2.85. The second-order valence-electron chi connectivity index (χ2n) is 3.59. The molecule has 0 N–H and O–H groups in total. The van der Waals surface area contributed by atoms with E-state index < -0.39 is 0 Å². The summed E-state index contributed by atoms with van der Waals surface area (Å²) in [5.74, 6) is 0.798. The molecule has 0 aromatic carbocycles. The molecule has 1 fully saturated rings. The molecule has 1 nitrogen and oxygen atoms in total. The lowest BCUT2D eigenvalue weighted by Crippen LogP contribution is -2.33. The highest BCUT2D eigenvalue weighted by Gasteiger charge is 2.36. The van der Waals surface area contributed by atoms with Crippen LogP contribution in [0.5, 0.6) is 0 Å². The van der Waals surface area contributed by atoms with Gasteiger partial charge in [0.15, 0.2) is 0 Å². The molecule has 1 aliphatic carbocycles. The van der Waals surface area contributed by atoms with E-state index in [4.69, 9.17) is 11.6 Å². The predicted octanol–water partition coefficient (Wildman–Crippen LogP) is 3.09. The fraction of sp³-hybridized carbons (Fsp3) is 0.667. The molecule has 0 amide bonds. The summed E-state index contributed by atoms with van der Waals surface area (Å²) in [6, 6.07) is 0. The van der Waals surface area contributed by atoms with Gasteiger partial charge in [-0.1, -0.05) is 6.42 Å². The molecule has 1 aromatic heterocycles. The number of aromatic nitrogens is 1. The number of nitrogens with zero attached hydrogens (tertiary/aromatic N) is 1. The van der Waals surface area contributed by atoms with Crippen LogP contribution in [0.1, 0.15) is 24.3 Å². The molecule has 2 rings (SSSR count). The maximum Gasteiger partial charge on any atom is 0.0930 e. The molecule has 0 radical (unpaired) electrons. The highest BCUT2D eigenvalue weighted by Crippen LogP contribution is 2.44. The molecule has 1 aliphatic rings. The Morgan fingerprint density at radius 1 is 1.58 bits per heavy atom. The number of alkyl halides is 1. The van der Waals surface area contributed by atoms with E-state index in [0.717, 1.165) is 12.3 Å². The van der Waals surface area contributed by atoms with Crippen molar-refractivity contribution in [3.8, 4) is 0 Å². The maximum absolute atomic E-state index is 5.95. The summed E-state index contributed by atoms with van der Waals surface area (Å²) in [6.45, 7) is 0. The lowest BCUT2D eigenvalue weighted by molar-refractivity contribution is 0.166. The molecule has 0 saturated heterocycles. The van der Waals surface area contributed by atoms with E-state index >= 15 is 0 Å². The van der Waals surface area contributed by atoms with Crippen LogP contribution >= 0.6 is 22.9 Å². The zero-order valence-corrected chi connectivity index (χ0v) is 8.50. The summed E-state index contributed by atoms with van der Waals surface area (Å²) in [5.41, 5.74) is 0.402. The van der Waals surface area contributed by atoms with Crippen molar-refractivity contribution in [2.75, 3.05) is 5.88 Å². The van der Waals surface area contributed by atoms with Crippen molar-refractivity contribution in [3.05, 3.63) is 16.6 Å². The third-order valence-electron chi connectivity index (χ3n) is 2.71. The molecule has 0 bridgehead atoms. The van der Waals surface area contributed by atoms with Gasteiger partial charge in [-0.3, -0.25) is 0 Å². The largest absolute Gasteiger partial charge is 0.250 e. The van der Waals surface area contributed by atoms with E-state index in [1.807, 2.05) is 11.6 Å². The van der Waals surface area contributed by atoms with Gasteiger partial charge in [0, 0.05) is 23.9 Å². The van der Waals surface area contributed by atoms with Gasteiger partial charge < -0.3 is 0 Å². The van der Waals surface area contributed by atoms with Crippen molar-refractivity contribution in [3.63, 3.8) is 0 Å². The topological polar surface area (TPSA) is 12.9 Å². The fourth-order valence-electron chi connectivity index (χ4n) is 1.70. The normalized spacial score (nSPS) is 20.4. The minimum atomic E-state index is 0.402. The molecule has 12 heavy (non-hydrogen) atoms. The Bertz CT molecular complexity index is 236. The summed E-state index contributed by atoms with van der Waals surface area (Å²) in [7, 11) is 0. The van der Waals surface area contributed by atoms with Crippen molar-refractivity contribution in [2.45, 2.75) is 25.7 Å². The Kier molecular flexibility index (Phi) is 2.37. The number of thiazole rings is 1. The Morgan fingerprint density at radius 3 is 2.83 bits per heavy atom. The van der Waals surface area contributed by atoms with Gasteiger partial charge in [0.05, 0.1) is 5.01 Å². The monoisotopic (exact) mass is 201 g/mol. The Morgan fingerprint density at radius 2 is 2.42 bits per heavy atom. The molecule has 1 saturated carbocycles. The van der Waals surface area contributed by atoms with Crippen LogP contribution in [-0.4, -0.2) is 10.9 Å². The first-order chi connectivity index (χ1) is 5.85. The molecule has 1 aromatic rings. The SMILES string of the molecule is ClCC1(Cc2nccs2)CCC1. The summed E-state index contributed by atoms with van der Waals surface area (Å²) in [5, 5.41) is 3.28. The minimum absolute atomic E-state index is 0.402. The Hall–Kier alpha value is -0.0800. The van der Waals surface area contributed by atoms with Crippen molar-refractivity contribution in [2.24, 2.45) is 5.41 Å². The molecule has 1 heterocycles. The van der Waals surface area contributed by atoms with Gasteiger partial charge in [-0.15, -0.1) is 22.9 Å². The van der Waals surface area contributed by atoms with Gasteiger partial charge >= 0.3 is 0 Å². The Labute approximate surface area is 81.8 Å². The first-order valence-corrected chi connectivity index (χ1v) is 5.70. The van der Waals surface area contributed by atoms with Crippen molar-refractivity contribution in [1.82, 2.24) is 4.98 Å². The summed E-state index contributed by atoms with van der Waals surface area (Å²) in [6.07, 6.45) is 6.89. The Balaban J connectivity index is 2.01. The molecule has 0 aliphatic heterocycles. The quantitative estimate of drug-likeness (QED) is 0.685. The van der Waals surface area contributed by atoms with Crippen molar-refractivity contribution < 1.29 is 0 Å². The van der Waals surface area contributed by atoms with E-state index in [1.165, 1.54) is 24.3 Å². The van der Waals surface area contributed by atoms with Gasteiger partial charge in [0.2, 0.25) is 0 Å². The average molecular weight is 202 g/mol. The van der Waals surface area contributed by atoms with Crippen LogP contribution < -0.4 is 0 Å². The lowest BCUT2D eigenvalue weighted by atomic mass is 9.68. The van der Waals surface area contributed by atoms with Gasteiger partial charge in [-0.05, 0) is 18.3 Å². The number of halogens is 1. The van der Waals surface area contributed by atoms with Gasteiger partial charge in [0.1, 0.15) is 0 Å². The smallest absolute Gasteiger partial charge is 0.0930 e. The van der Waals surface area contributed by atoms with Crippen LogP contribution in [0, 0.1) is 5.41 Å². The van der Waals surface area contributed by atoms with Crippen LogP contribution in [0.4, 0.5) is 0 Å². The van der Waals surface area contributed by atoms with Crippen molar-refractivity contribution >= 4 is 22.9 Å². The number of rotatable bonds is 3. The number of hydrogen-bond acceptors (Lipinski definition) is 2. The van der Waals surface area contributed by atoms with Crippen molar-refractivity contribution in [1.29, 1.82) is 0 Å². The third-order valence-corrected chi connectivity index (χ3v) is 4.05. The summed E-state index contributed by atoms with van der Waals surface area (Å²) in [4.78, 5) is 4.29. The van der Waals surface area contributed by atoms with E-state index in [9.17, 15) is 0 Å². The van der Waals surface area contributed by atoms with Gasteiger partial charge in [0.25, 0.3) is 0 Å². The first kappa shape index (κ1) is 8.52. The molecule has 0 unspecified atom stereocenters. The third kappa shape index (κ3) is 1.50. The van der Waals surface area contributed by atoms with E-state index in [0.29, 0.717) is 5.41 Å². The van der Waals surface area contributed by atoms with E-state index in [1.54, 1.807) is 11.3 Å². The highest BCUT2D eigenvalue weighted by atomic mass is 35.5. The van der Waals surface area contributed by atoms with Crippen LogP contribution in [-0.2, 0) is 6.42 Å². The molecule has 66 valence electrons. The molecule has 0 atom stereocenters. The minimum Gasteiger partial charge on any atom is -0.250 e. The second-order valence-corrected chi connectivity index (χ2v) is 4.84. The van der Waals surface area contributed by atoms with Crippen LogP contribution in [0.15, 0.2) is 11.6 Å². The average Bonchev–Trinajstić information content (AvgIpc) is 2.49. The summed E-state index contributed by atoms with van der Waals surface area (Å²) < 4.78 is 0. The van der Waals surface area contributed by atoms with Crippen LogP contribution in [0.2, 0.25) is 0 Å². The van der Waals surface area contributed by atoms with Gasteiger partial charge in [-0.2, -0.15) is 0 Å². The zero-order valence-electron chi connectivity index (χ0n) is 6.92. The molecule has 0 spiro atoms. The van der Waals surface area contributed by atoms with Crippen LogP contribution in [0.25, 0.3) is 0 Å². The maximum atomic E-state index is 5.95. The standard InChI is InChI=1S/C9H12ClNS/c10-7-9(2-1-3-9)6-8-11-4-5-12-8/h4-5H,1-3,6-7H2. The second kappa shape index (κ2) is 3.35. The highest BCUT2D eigenvalue weighted by molar-refractivity contribution is 7.09.